The number of thiophene rings is 1. The number of hydrogen-bond donors (Lipinski definition) is 2. The molecular weight excluding hydrogens is 320 g/mol. The molecular formula is C18H16N4OS. The molecule has 3 aromatic rings. The van der Waals surface area contributed by atoms with Crippen LogP contribution in [-0.2, 0) is 0 Å². The van der Waals surface area contributed by atoms with Gasteiger partial charge in [0.05, 0.1) is 17.1 Å². The van der Waals surface area contributed by atoms with E-state index in [9.17, 15) is 4.79 Å². The van der Waals surface area contributed by atoms with E-state index in [-0.39, 0.29) is 5.91 Å². The van der Waals surface area contributed by atoms with E-state index in [1.54, 1.807) is 48.7 Å². The second-order valence-electron chi connectivity index (χ2n) is 5.08. The number of anilines is 2. The van der Waals surface area contributed by atoms with E-state index in [0.717, 1.165) is 10.4 Å². The summed E-state index contributed by atoms with van der Waals surface area (Å²) in [4.78, 5) is 13.5. The van der Waals surface area contributed by atoms with Gasteiger partial charge >= 0.3 is 0 Å². The summed E-state index contributed by atoms with van der Waals surface area (Å²) in [7, 11) is 1.60. The number of amides is 1. The van der Waals surface area contributed by atoms with Crippen LogP contribution in [-0.4, -0.2) is 13.0 Å². The van der Waals surface area contributed by atoms with Gasteiger partial charge in [-0.2, -0.15) is 10.2 Å². The first-order valence-corrected chi connectivity index (χ1v) is 8.20. The van der Waals surface area contributed by atoms with Gasteiger partial charge in [0.2, 0.25) is 0 Å². The topological polar surface area (TPSA) is 79.8 Å². The molecule has 0 bridgehead atoms. The molecule has 0 fully saturated rings. The Balaban J connectivity index is 1.82. The molecule has 0 saturated heterocycles. The van der Waals surface area contributed by atoms with Crippen molar-refractivity contribution < 1.29 is 4.79 Å². The van der Waals surface area contributed by atoms with Crippen molar-refractivity contribution in [2.24, 2.45) is 10.2 Å². The molecule has 2 aromatic carbocycles. The Morgan fingerprint density at radius 1 is 1.12 bits per heavy atom. The number of rotatable bonds is 4. The van der Waals surface area contributed by atoms with Gasteiger partial charge in [0.15, 0.2) is 0 Å². The molecule has 0 atom stereocenters. The van der Waals surface area contributed by atoms with Crippen LogP contribution >= 0.6 is 11.3 Å². The maximum atomic E-state index is 12.4. The van der Waals surface area contributed by atoms with Crippen molar-refractivity contribution >= 4 is 34.3 Å². The summed E-state index contributed by atoms with van der Waals surface area (Å²) in [6.07, 6.45) is 0. The summed E-state index contributed by atoms with van der Waals surface area (Å²) in [6, 6.07) is 16.6. The number of nitrogen functional groups attached to an aromatic ring is 1. The van der Waals surface area contributed by atoms with Crippen molar-refractivity contribution in [2.45, 2.75) is 0 Å². The SMILES string of the molecule is C/N=N/c1ccc(C(=O)Nc2cc(-c3cccs3)ccc2N)cc1. The summed E-state index contributed by atoms with van der Waals surface area (Å²) in [5.41, 5.74) is 9.38. The van der Waals surface area contributed by atoms with Gasteiger partial charge in [-0.25, -0.2) is 0 Å². The Hall–Kier alpha value is -2.99. The highest BCUT2D eigenvalue weighted by molar-refractivity contribution is 7.13. The summed E-state index contributed by atoms with van der Waals surface area (Å²) in [5, 5.41) is 12.5. The van der Waals surface area contributed by atoms with Gasteiger partial charge in [0, 0.05) is 17.5 Å². The molecule has 0 aliphatic heterocycles. The van der Waals surface area contributed by atoms with Crippen molar-refractivity contribution in [1.82, 2.24) is 0 Å². The minimum absolute atomic E-state index is 0.218. The summed E-state index contributed by atoms with van der Waals surface area (Å²) in [5.74, 6) is -0.218. The Bertz CT molecular complexity index is 871. The minimum Gasteiger partial charge on any atom is -0.397 e. The second kappa shape index (κ2) is 7.06. The molecule has 120 valence electrons. The van der Waals surface area contributed by atoms with Gasteiger partial charge in [0.25, 0.3) is 5.91 Å². The largest absolute Gasteiger partial charge is 0.397 e. The molecule has 0 radical (unpaired) electrons. The van der Waals surface area contributed by atoms with Gasteiger partial charge in [-0.05, 0) is 53.4 Å². The zero-order valence-electron chi connectivity index (χ0n) is 13.1. The highest BCUT2D eigenvalue weighted by Crippen LogP contribution is 2.30. The zero-order valence-corrected chi connectivity index (χ0v) is 13.9. The number of hydrogen-bond acceptors (Lipinski definition) is 5. The van der Waals surface area contributed by atoms with Crippen LogP contribution in [0.3, 0.4) is 0 Å². The molecule has 24 heavy (non-hydrogen) atoms. The van der Waals surface area contributed by atoms with Crippen LogP contribution in [0.2, 0.25) is 0 Å². The van der Waals surface area contributed by atoms with E-state index >= 15 is 0 Å². The number of nitrogens with one attached hydrogen (secondary N) is 1. The van der Waals surface area contributed by atoms with E-state index in [4.69, 9.17) is 5.73 Å². The minimum atomic E-state index is -0.218. The fourth-order valence-corrected chi connectivity index (χ4v) is 2.97. The number of carbonyl (C=O) groups is 1. The molecule has 3 rings (SSSR count). The normalized spacial score (nSPS) is 10.9. The third kappa shape index (κ3) is 3.49. The zero-order chi connectivity index (χ0) is 16.9. The van der Waals surface area contributed by atoms with E-state index in [2.05, 4.69) is 15.5 Å². The first-order valence-electron chi connectivity index (χ1n) is 7.32. The van der Waals surface area contributed by atoms with Gasteiger partial charge in [-0.3, -0.25) is 4.79 Å². The van der Waals surface area contributed by atoms with Crippen LogP contribution in [0.15, 0.2) is 70.2 Å². The summed E-state index contributed by atoms with van der Waals surface area (Å²) >= 11 is 1.64. The van der Waals surface area contributed by atoms with Gasteiger partial charge in [0.1, 0.15) is 0 Å². The lowest BCUT2D eigenvalue weighted by Gasteiger charge is -2.10. The van der Waals surface area contributed by atoms with E-state index in [1.807, 2.05) is 29.6 Å². The lowest BCUT2D eigenvalue weighted by atomic mass is 10.1. The Morgan fingerprint density at radius 2 is 1.92 bits per heavy atom. The first-order chi connectivity index (χ1) is 11.7. The molecule has 0 spiro atoms. The van der Waals surface area contributed by atoms with Crippen LogP contribution in [0, 0.1) is 0 Å². The van der Waals surface area contributed by atoms with E-state index in [0.29, 0.717) is 22.6 Å². The molecule has 5 nitrogen and oxygen atoms in total. The monoisotopic (exact) mass is 336 g/mol. The van der Waals surface area contributed by atoms with Crippen LogP contribution in [0.1, 0.15) is 10.4 Å². The average Bonchev–Trinajstić information content (AvgIpc) is 3.12. The molecule has 1 heterocycles. The Morgan fingerprint density at radius 3 is 2.58 bits per heavy atom. The van der Waals surface area contributed by atoms with Crippen LogP contribution in [0.25, 0.3) is 10.4 Å². The van der Waals surface area contributed by atoms with Crippen LogP contribution < -0.4 is 11.1 Å². The van der Waals surface area contributed by atoms with E-state index < -0.39 is 0 Å². The maximum Gasteiger partial charge on any atom is 0.255 e. The number of nitrogens with two attached hydrogens (primary N) is 1. The quantitative estimate of drug-likeness (QED) is 0.521. The number of azo groups is 1. The lowest BCUT2D eigenvalue weighted by molar-refractivity contribution is 0.102. The first kappa shape index (κ1) is 15.9. The van der Waals surface area contributed by atoms with Gasteiger partial charge in [-0.1, -0.05) is 12.1 Å². The van der Waals surface area contributed by atoms with Crippen molar-refractivity contribution in [2.75, 3.05) is 18.1 Å². The fourth-order valence-electron chi connectivity index (χ4n) is 2.25. The smallest absolute Gasteiger partial charge is 0.255 e. The highest BCUT2D eigenvalue weighted by atomic mass is 32.1. The van der Waals surface area contributed by atoms with Crippen LogP contribution in [0.4, 0.5) is 17.1 Å². The average molecular weight is 336 g/mol. The Labute approximate surface area is 143 Å². The van der Waals surface area contributed by atoms with Crippen molar-refractivity contribution in [3.63, 3.8) is 0 Å². The second-order valence-corrected chi connectivity index (χ2v) is 6.03. The van der Waals surface area contributed by atoms with Crippen molar-refractivity contribution in [3.05, 3.63) is 65.5 Å². The van der Waals surface area contributed by atoms with Crippen LogP contribution in [0.5, 0.6) is 0 Å². The summed E-state index contributed by atoms with van der Waals surface area (Å²) < 4.78 is 0. The molecule has 0 unspecified atom stereocenters. The lowest BCUT2D eigenvalue weighted by Crippen LogP contribution is -2.13. The fraction of sp³-hybridized carbons (Fsp3) is 0.0556. The predicted octanol–water partition coefficient (Wildman–Crippen LogP) is 4.96. The van der Waals surface area contributed by atoms with Gasteiger partial charge < -0.3 is 11.1 Å². The predicted molar refractivity (Wildman–Crippen MR) is 99.0 cm³/mol. The molecule has 0 aliphatic carbocycles. The molecule has 3 N–H and O–H groups in total. The van der Waals surface area contributed by atoms with Crippen molar-refractivity contribution in [1.29, 1.82) is 0 Å². The van der Waals surface area contributed by atoms with E-state index in [1.165, 1.54) is 0 Å². The third-order valence-electron chi connectivity index (χ3n) is 3.45. The van der Waals surface area contributed by atoms with Crippen molar-refractivity contribution in [3.8, 4) is 10.4 Å². The number of carbonyl (C=O) groups excluding carboxylic acids is 1. The van der Waals surface area contributed by atoms with Gasteiger partial charge in [-0.15, -0.1) is 11.3 Å². The standard InChI is InChI=1S/C18H16N4OS/c1-20-22-14-7-4-12(5-8-14)18(23)21-16-11-13(6-9-15(16)19)17-3-2-10-24-17/h2-11H,19H2,1H3,(H,21,23)/b22-20+. The molecule has 0 aliphatic rings. The molecule has 0 saturated carbocycles. The maximum absolute atomic E-state index is 12.4. The molecule has 6 heteroatoms. The summed E-state index contributed by atoms with van der Waals surface area (Å²) in [6.45, 7) is 0. The molecule has 1 amide bonds. The Kier molecular flexibility index (Phi) is 4.67. The molecule has 1 aromatic heterocycles. The third-order valence-corrected chi connectivity index (χ3v) is 4.37. The number of benzene rings is 2. The number of nitrogens with zero attached hydrogens (tertiary/aromatic N) is 2. The highest BCUT2D eigenvalue weighted by Gasteiger charge is 2.10.